The van der Waals surface area contributed by atoms with E-state index in [9.17, 15) is 8.42 Å². The molecule has 17 heavy (non-hydrogen) atoms. The van der Waals surface area contributed by atoms with Crippen LogP contribution in [0.2, 0.25) is 0 Å². The monoisotopic (exact) mass is 258 g/mol. The molecule has 1 atom stereocenters. The van der Waals surface area contributed by atoms with Gasteiger partial charge in [0.25, 0.3) is 10.1 Å². The van der Waals surface area contributed by atoms with E-state index < -0.39 is 10.1 Å². The zero-order valence-electron chi connectivity index (χ0n) is 10.1. The Hall–Kier alpha value is -1.07. The molecule has 0 spiro atoms. The average molecular weight is 258 g/mol. The summed E-state index contributed by atoms with van der Waals surface area (Å²) in [4.78, 5) is 0. The Kier molecular flexibility index (Phi) is 4.96. The van der Waals surface area contributed by atoms with E-state index in [0.29, 0.717) is 0 Å². The van der Waals surface area contributed by atoms with Gasteiger partial charge in [-0.05, 0) is 24.1 Å². The summed E-state index contributed by atoms with van der Waals surface area (Å²) in [5.74, 6) is 0.210. The van der Waals surface area contributed by atoms with Crippen LogP contribution in [0.5, 0.6) is 5.75 Å². The minimum absolute atomic E-state index is 0.240. The molecule has 0 aromatic heterocycles. The third-order valence-corrected chi connectivity index (χ3v) is 3.33. The average Bonchev–Trinajstić information content (AvgIpc) is 2.24. The SMILES string of the molecule is CCc1cccc(OCC(C)CS(=O)(=O)O)c1. The molecule has 0 amide bonds. The second kappa shape index (κ2) is 6.02. The lowest BCUT2D eigenvalue weighted by atomic mass is 10.2. The zero-order chi connectivity index (χ0) is 12.9. The number of aryl methyl sites for hydroxylation is 1. The van der Waals surface area contributed by atoms with Crippen LogP contribution in [0.15, 0.2) is 24.3 Å². The van der Waals surface area contributed by atoms with Crippen LogP contribution in [-0.4, -0.2) is 25.3 Å². The summed E-state index contributed by atoms with van der Waals surface area (Å²) in [5, 5.41) is 0. The Morgan fingerprint density at radius 1 is 1.41 bits per heavy atom. The maximum Gasteiger partial charge on any atom is 0.265 e. The van der Waals surface area contributed by atoms with Crippen LogP contribution in [-0.2, 0) is 16.5 Å². The molecule has 0 saturated heterocycles. The molecule has 0 aliphatic heterocycles. The fraction of sp³-hybridized carbons (Fsp3) is 0.500. The maximum atomic E-state index is 10.7. The normalized spacial score (nSPS) is 13.4. The first-order chi connectivity index (χ1) is 7.90. The van der Waals surface area contributed by atoms with Gasteiger partial charge in [-0.25, -0.2) is 0 Å². The molecular weight excluding hydrogens is 240 g/mol. The van der Waals surface area contributed by atoms with Crippen molar-refractivity contribution >= 4 is 10.1 Å². The summed E-state index contributed by atoms with van der Waals surface area (Å²) in [6, 6.07) is 7.68. The molecular formula is C12H18O4S. The second-order valence-electron chi connectivity index (χ2n) is 4.17. The number of hydrogen-bond acceptors (Lipinski definition) is 3. The van der Waals surface area contributed by atoms with Crippen molar-refractivity contribution < 1.29 is 17.7 Å². The molecule has 4 nitrogen and oxygen atoms in total. The molecule has 0 aliphatic rings. The van der Waals surface area contributed by atoms with Crippen LogP contribution in [0.1, 0.15) is 19.4 Å². The third-order valence-electron chi connectivity index (χ3n) is 2.34. The lowest BCUT2D eigenvalue weighted by molar-refractivity contribution is 0.269. The molecule has 1 aromatic carbocycles. The Morgan fingerprint density at radius 3 is 2.71 bits per heavy atom. The minimum Gasteiger partial charge on any atom is -0.493 e. The van der Waals surface area contributed by atoms with Gasteiger partial charge in [0.2, 0.25) is 0 Å². The van der Waals surface area contributed by atoms with Crippen molar-refractivity contribution in [3.05, 3.63) is 29.8 Å². The third kappa shape index (κ3) is 5.70. The largest absolute Gasteiger partial charge is 0.493 e. The Labute approximate surface area is 102 Å². The van der Waals surface area contributed by atoms with Gasteiger partial charge in [0.1, 0.15) is 5.75 Å². The van der Waals surface area contributed by atoms with E-state index in [0.717, 1.165) is 12.2 Å². The van der Waals surface area contributed by atoms with Gasteiger partial charge in [-0.2, -0.15) is 8.42 Å². The Balaban J connectivity index is 2.49. The number of ether oxygens (including phenoxy) is 1. The fourth-order valence-electron chi connectivity index (χ4n) is 1.50. The van der Waals surface area contributed by atoms with Crippen LogP contribution in [0.3, 0.4) is 0 Å². The van der Waals surface area contributed by atoms with Gasteiger partial charge in [0.15, 0.2) is 0 Å². The Bertz CT molecular complexity index is 453. The standard InChI is InChI=1S/C12H18O4S/c1-3-11-5-4-6-12(7-11)16-8-10(2)9-17(13,14)15/h4-7,10H,3,8-9H2,1-2H3,(H,13,14,15). The molecule has 1 unspecified atom stereocenters. The van der Waals surface area contributed by atoms with Gasteiger partial charge in [0, 0.05) is 5.92 Å². The highest BCUT2D eigenvalue weighted by molar-refractivity contribution is 7.85. The van der Waals surface area contributed by atoms with E-state index in [1.807, 2.05) is 24.3 Å². The van der Waals surface area contributed by atoms with Gasteiger partial charge in [0.05, 0.1) is 12.4 Å². The molecule has 1 N–H and O–H groups in total. The highest BCUT2D eigenvalue weighted by Crippen LogP contribution is 2.15. The van der Waals surface area contributed by atoms with Crippen LogP contribution in [0.25, 0.3) is 0 Å². The topological polar surface area (TPSA) is 63.6 Å². The fourth-order valence-corrected chi connectivity index (χ4v) is 2.32. The summed E-state index contributed by atoms with van der Waals surface area (Å²) in [5.41, 5.74) is 1.17. The molecule has 0 bridgehead atoms. The van der Waals surface area contributed by atoms with E-state index >= 15 is 0 Å². The number of benzene rings is 1. The predicted molar refractivity (Wildman–Crippen MR) is 66.9 cm³/mol. The molecule has 0 saturated carbocycles. The van der Waals surface area contributed by atoms with Crippen molar-refractivity contribution in [3.63, 3.8) is 0 Å². The summed E-state index contributed by atoms with van der Waals surface area (Å²) >= 11 is 0. The van der Waals surface area contributed by atoms with Crippen molar-refractivity contribution in [3.8, 4) is 5.75 Å². The van der Waals surface area contributed by atoms with Crippen LogP contribution in [0.4, 0.5) is 0 Å². The van der Waals surface area contributed by atoms with Crippen molar-refractivity contribution in [2.24, 2.45) is 5.92 Å². The van der Waals surface area contributed by atoms with E-state index in [2.05, 4.69) is 6.92 Å². The highest BCUT2D eigenvalue weighted by atomic mass is 32.2. The second-order valence-corrected chi connectivity index (χ2v) is 5.66. The molecule has 96 valence electrons. The first kappa shape index (κ1) is 14.0. The van der Waals surface area contributed by atoms with Gasteiger partial charge < -0.3 is 4.74 Å². The van der Waals surface area contributed by atoms with E-state index in [-0.39, 0.29) is 18.3 Å². The Morgan fingerprint density at radius 2 is 2.12 bits per heavy atom. The summed E-state index contributed by atoms with van der Waals surface area (Å²) in [6.45, 7) is 4.05. The van der Waals surface area contributed by atoms with Gasteiger partial charge >= 0.3 is 0 Å². The quantitative estimate of drug-likeness (QED) is 0.794. The molecule has 1 rings (SSSR count). The number of hydrogen-bond donors (Lipinski definition) is 1. The molecule has 0 heterocycles. The lowest BCUT2D eigenvalue weighted by Crippen LogP contribution is -2.18. The zero-order valence-corrected chi connectivity index (χ0v) is 10.9. The van der Waals surface area contributed by atoms with E-state index in [4.69, 9.17) is 9.29 Å². The predicted octanol–water partition coefficient (Wildman–Crippen LogP) is 2.15. The summed E-state index contributed by atoms with van der Waals surface area (Å²) in [7, 11) is -3.92. The minimum atomic E-state index is -3.92. The van der Waals surface area contributed by atoms with Crippen molar-refractivity contribution in [1.29, 1.82) is 0 Å². The number of rotatable bonds is 6. The van der Waals surface area contributed by atoms with Gasteiger partial charge in [-0.15, -0.1) is 0 Å². The molecule has 0 fully saturated rings. The van der Waals surface area contributed by atoms with E-state index in [1.165, 1.54) is 5.56 Å². The van der Waals surface area contributed by atoms with Gasteiger partial charge in [-0.1, -0.05) is 26.0 Å². The first-order valence-corrected chi connectivity index (χ1v) is 7.18. The molecule has 5 heteroatoms. The van der Waals surface area contributed by atoms with Gasteiger partial charge in [-0.3, -0.25) is 4.55 Å². The first-order valence-electron chi connectivity index (χ1n) is 5.57. The molecule has 0 radical (unpaired) electrons. The van der Waals surface area contributed by atoms with Crippen LogP contribution in [0, 0.1) is 5.92 Å². The summed E-state index contributed by atoms with van der Waals surface area (Å²) in [6.07, 6.45) is 0.928. The molecule has 1 aromatic rings. The highest BCUT2D eigenvalue weighted by Gasteiger charge is 2.12. The van der Waals surface area contributed by atoms with Crippen molar-refractivity contribution in [2.45, 2.75) is 20.3 Å². The van der Waals surface area contributed by atoms with Crippen LogP contribution >= 0.6 is 0 Å². The lowest BCUT2D eigenvalue weighted by Gasteiger charge is -2.12. The van der Waals surface area contributed by atoms with Crippen molar-refractivity contribution in [2.75, 3.05) is 12.4 Å². The smallest absolute Gasteiger partial charge is 0.265 e. The summed E-state index contributed by atoms with van der Waals surface area (Å²) < 4.78 is 35.5. The molecule has 0 aliphatic carbocycles. The van der Waals surface area contributed by atoms with Crippen molar-refractivity contribution in [1.82, 2.24) is 0 Å². The van der Waals surface area contributed by atoms with Crippen LogP contribution < -0.4 is 4.74 Å². The maximum absolute atomic E-state index is 10.7. The van der Waals surface area contributed by atoms with E-state index in [1.54, 1.807) is 6.92 Å².